The first kappa shape index (κ1) is 13.6. The number of amides is 1. The van der Waals surface area contributed by atoms with Crippen molar-refractivity contribution in [1.29, 1.82) is 0 Å². The fraction of sp³-hybridized carbons (Fsp3) is 0.214. The lowest BCUT2D eigenvalue weighted by atomic mass is 10.1. The summed E-state index contributed by atoms with van der Waals surface area (Å²) >= 11 is 0. The molecule has 2 N–H and O–H groups in total. The van der Waals surface area contributed by atoms with Crippen molar-refractivity contribution in [2.24, 2.45) is 5.92 Å². The summed E-state index contributed by atoms with van der Waals surface area (Å²) in [6.07, 6.45) is 5.36. The second-order valence-corrected chi connectivity index (χ2v) is 4.38. The van der Waals surface area contributed by atoms with Gasteiger partial charge in [-0.1, -0.05) is 6.07 Å². The molecule has 0 aromatic heterocycles. The number of carboxylic acids is 2. The molecule has 102 valence electrons. The molecule has 1 aromatic rings. The molecular formula is C14H11NO5. The number of terminal acetylenes is 1. The molecule has 1 aromatic carbocycles. The Bertz CT molecular complexity index is 611. The Labute approximate surface area is 114 Å². The zero-order chi connectivity index (χ0) is 14.9. The van der Waals surface area contributed by atoms with Gasteiger partial charge in [0.25, 0.3) is 0 Å². The number of hydrogen-bond donors (Lipinski definition) is 2. The molecule has 0 aliphatic carbocycles. The van der Waals surface area contributed by atoms with Crippen molar-refractivity contribution >= 4 is 23.5 Å². The van der Waals surface area contributed by atoms with Crippen molar-refractivity contribution in [2.75, 3.05) is 11.4 Å². The van der Waals surface area contributed by atoms with Gasteiger partial charge < -0.3 is 15.1 Å². The highest BCUT2D eigenvalue weighted by Gasteiger charge is 2.34. The standard InChI is InChI=1S/C14H11NO5/c1-2-8-6-11(16)15(7-8)12-9(13(17)18)4-3-5-10(12)14(19)20/h1,3-5,8H,6-7H2,(H,17,18)(H,19,20). The molecular weight excluding hydrogens is 262 g/mol. The predicted octanol–water partition coefficient (Wildman–Crippen LogP) is 1.07. The Balaban J connectivity index is 2.60. The fourth-order valence-corrected chi connectivity index (χ4v) is 2.21. The highest BCUT2D eigenvalue weighted by Crippen LogP contribution is 2.31. The Morgan fingerprint density at radius 3 is 2.20 bits per heavy atom. The summed E-state index contributed by atoms with van der Waals surface area (Å²) in [6.45, 7) is 0.125. The summed E-state index contributed by atoms with van der Waals surface area (Å²) in [5, 5.41) is 18.3. The van der Waals surface area contributed by atoms with E-state index in [9.17, 15) is 24.6 Å². The molecule has 0 saturated carbocycles. The summed E-state index contributed by atoms with van der Waals surface area (Å²) in [6, 6.07) is 3.86. The second kappa shape index (κ2) is 5.05. The number of para-hydroxylation sites is 1. The molecule has 1 fully saturated rings. The van der Waals surface area contributed by atoms with Crippen LogP contribution in [0.4, 0.5) is 5.69 Å². The van der Waals surface area contributed by atoms with Crippen LogP contribution in [0.3, 0.4) is 0 Å². The zero-order valence-corrected chi connectivity index (χ0v) is 10.4. The van der Waals surface area contributed by atoms with E-state index in [2.05, 4.69) is 5.92 Å². The number of anilines is 1. The molecule has 0 spiro atoms. The van der Waals surface area contributed by atoms with Gasteiger partial charge >= 0.3 is 11.9 Å². The lowest BCUT2D eigenvalue weighted by molar-refractivity contribution is -0.117. The van der Waals surface area contributed by atoms with Crippen LogP contribution in [0.25, 0.3) is 0 Å². The number of hydrogen-bond acceptors (Lipinski definition) is 3. The molecule has 6 heteroatoms. The number of carbonyl (C=O) groups is 3. The van der Waals surface area contributed by atoms with Crippen LogP contribution in [0.1, 0.15) is 27.1 Å². The highest BCUT2D eigenvalue weighted by molar-refractivity contribution is 6.09. The van der Waals surface area contributed by atoms with E-state index in [-0.39, 0.29) is 41.6 Å². The van der Waals surface area contributed by atoms with Gasteiger partial charge in [-0.15, -0.1) is 12.3 Å². The summed E-state index contributed by atoms with van der Waals surface area (Å²) < 4.78 is 0. The summed E-state index contributed by atoms with van der Waals surface area (Å²) in [7, 11) is 0. The van der Waals surface area contributed by atoms with Gasteiger partial charge in [-0.25, -0.2) is 9.59 Å². The SMILES string of the molecule is C#CC1CC(=O)N(c2c(C(=O)O)cccc2C(=O)O)C1. The molecule has 1 atom stereocenters. The second-order valence-electron chi connectivity index (χ2n) is 4.38. The molecule has 1 saturated heterocycles. The largest absolute Gasteiger partial charge is 0.478 e. The topological polar surface area (TPSA) is 94.9 Å². The molecule has 1 unspecified atom stereocenters. The van der Waals surface area contributed by atoms with E-state index in [1.54, 1.807) is 0 Å². The number of nitrogens with zero attached hydrogens (tertiary/aromatic N) is 1. The van der Waals surface area contributed by atoms with Crippen LogP contribution >= 0.6 is 0 Å². The molecule has 2 rings (SSSR count). The minimum atomic E-state index is -1.29. The zero-order valence-electron chi connectivity index (χ0n) is 10.4. The minimum absolute atomic E-state index is 0.0868. The third kappa shape index (κ3) is 2.21. The van der Waals surface area contributed by atoms with E-state index in [4.69, 9.17) is 6.42 Å². The maximum Gasteiger partial charge on any atom is 0.337 e. The van der Waals surface area contributed by atoms with E-state index < -0.39 is 11.9 Å². The number of rotatable bonds is 3. The average Bonchev–Trinajstić information content (AvgIpc) is 2.78. The minimum Gasteiger partial charge on any atom is -0.478 e. The monoisotopic (exact) mass is 273 g/mol. The Morgan fingerprint density at radius 1 is 1.25 bits per heavy atom. The lowest BCUT2D eigenvalue weighted by Gasteiger charge is -2.20. The number of carbonyl (C=O) groups excluding carboxylic acids is 1. The van der Waals surface area contributed by atoms with Crippen molar-refractivity contribution < 1.29 is 24.6 Å². The van der Waals surface area contributed by atoms with Crippen LogP contribution in [0.15, 0.2) is 18.2 Å². The molecule has 1 aliphatic heterocycles. The van der Waals surface area contributed by atoms with E-state index >= 15 is 0 Å². The van der Waals surface area contributed by atoms with E-state index in [0.717, 1.165) is 4.90 Å². The third-order valence-electron chi connectivity index (χ3n) is 3.13. The molecule has 1 heterocycles. The van der Waals surface area contributed by atoms with E-state index in [1.165, 1.54) is 18.2 Å². The van der Waals surface area contributed by atoms with Gasteiger partial charge in [-0.3, -0.25) is 4.79 Å². The Hall–Kier alpha value is -2.81. The first-order valence-corrected chi connectivity index (χ1v) is 5.81. The average molecular weight is 273 g/mol. The first-order valence-electron chi connectivity index (χ1n) is 5.81. The van der Waals surface area contributed by atoms with E-state index in [1.807, 2.05) is 0 Å². The van der Waals surface area contributed by atoms with Crippen molar-refractivity contribution in [3.8, 4) is 12.3 Å². The first-order chi connectivity index (χ1) is 9.45. The van der Waals surface area contributed by atoms with Crippen LogP contribution in [0, 0.1) is 18.3 Å². The van der Waals surface area contributed by atoms with Crippen molar-refractivity contribution in [1.82, 2.24) is 0 Å². The molecule has 1 aliphatic rings. The lowest BCUT2D eigenvalue weighted by Crippen LogP contribution is -2.28. The quantitative estimate of drug-likeness (QED) is 0.803. The molecule has 0 bridgehead atoms. The van der Waals surface area contributed by atoms with Gasteiger partial charge in [0.1, 0.15) is 0 Å². The fourth-order valence-electron chi connectivity index (χ4n) is 2.21. The van der Waals surface area contributed by atoms with Gasteiger partial charge in [0.15, 0.2) is 0 Å². The Morgan fingerprint density at radius 2 is 1.80 bits per heavy atom. The van der Waals surface area contributed by atoms with Crippen LogP contribution in [-0.4, -0.2) is 34.6 Å². The predicted molar refractivity (Wildman–Crippen MR) is 69.7 cm³/mol. The molecule has 1 amide bonds. The van der Waals surface area contributed by atoms with Crippen LogP contribution in [0.2, 0.25) is 0 Å². The highest BCUT2D eigenvalue weighted by atomic mass is 16.4. The van der Waals surface area contributed by atoms with Crippen molar-refractivity contribution in [3.05, 3.63) is 29.3 Å². The normalized spacial score (nSPS) is 17.9. The van der Waals surface area contributed by atoms with Gasteiger partial charge in [0.2, 0.25) is 5.91 Å². The third-order valence-corrected chi connectivity index (χ3v) is 3.13. The summed E-state index contributed by atoms with van der Waals surface area (Å²) in [5.41, 5.74) is -0.554. The van der Waals surface area contributed by atoms with Crippen LogP contribution < -0.4 is 4.90 Å². The molecule has 20 heavy (non-hydrogen) atoms. The van der Waals surface area contributed by atoms with Gasteiger partial charge in [-0.2, -0.15) is 0 Å². The maximum atomic E-state index is 11.9. The van der Waals surface area contributed by atoms with Gasteiger partial charge in [-0.05, 0) is 12.1 Å². The smallest absolute Gasteiger partial charge is 0.337 e. The number of carboxylic acid groups (broad SMARTS) is 2. The summed E-state index contributed by atoms with van der Waals surface area (Å²) in [4.78, 5) is 35.6. The van der Waals surface area contributed by atoms with Gasteiger partial charge in [0.05, 0.1) is 16.8 Å². The van der Waals surface area contributed by atoms with Gasteiger partial charge in [0, 0.05) is 18.9 Å². The molecule has 0 radical (unpaired) electrons. The van der Waals surface area contributed by atoms with Crippen LogP contribution in [0.5, 0.6) is 0 Å². The summed E-state index contributed by atoms with van der Waals surface area (Å²) in [5.74, 6) is -0.862. The molecule has 6 nitrogen and oxygen atoms in total. The van der Waals surface area contributed by atoms with Crippen molar-refractivity contribution in [2.45, 2.75) is 6.42 Å². The number of aromatic carboxylic acids is 2. The van der Waals surface area contributed by atoms with Crippen molar-refractivity contribution in [3.63, 3.8) is 0 Å². The van der Waals surface area contributed by atoms with Crippen LogP contribution in [-0.2, 0) is 4.79 Å². The maximum absolute atomic E-state index is 11.9. The van der Waals surface area contributed by atoms with E-state index in [0.29, 0.717) is 0 Å². The number of benzene rings is 1. The Kier molecular flexibility index (Phi) is 3.44.